The predicted octanol–water partition coefficient (Wildman–Crippen LogP) is 5.64. The van der Waals surface area contributed by atoms with Gasteiger partial charge in [-0.05, 0) is 54.3 Å². The quantitative estimate of drug-likeness (QED) is 0.684. The van der Waals surface area contributed by atoms with Crippen LogP contribution in [-0.2, 0) is 11.8 Å². The van der Waals surface area contributed by atoms with Gasteiger partial charge in [0.25, 0.3) is 0 Å². The van der Waals surface area contributed by atoms with Crippen LogP contribution in [0.3, 0.4) is 0 Å². The molecule has 2 aliphatic rings. The summed E-state index contributed by atoms with van der Waals surface area (Å²) in [6.45, 7) is 16.4. The summed E-state index contributed by atoms with van der Waals surface area (Å²) in [5.74, 6) is 1.85. The normalized spacial score (nSPS) is 21.1. The number of hydrogen-bond acceptors (Lipinski definition) is 4. The Morgan fingerprint density at radius 3 is 2.86 bits per heavy atom. The van der Waals surface area contributed by atoms with Gasteiger partial charge in [-0.2, -0.15) is 0 Å². The van der Waals surface area contributed by atoms with E-state index >= 15 is 0 Å². The van der Waals surface area contributed by atoms with E-state index in [-0.39, 0.29) is 5.41 Å². The average Bonchev–Trinajstić information content (AvgIpc) is 3.40. The van der Waals surface area contributed by atoms with E-state index in [0.717, 1.165) is 13.1 Å². The average molecular weight is 398 g/mol. The largest absolute Gasteiger partial charge is 0.384 e. The molecule has 0 saturated carbocycles. The standard InChI is InChI=1S/C24H35N3S/c1-16(2)22-13-26-23(28-22)24(4,5)20-9-11-27(15-20)14-17(3)18-6-7-21-19(12-18)8-10-25-21/h6-7,12-13,16-17,20,25H,8-11,14-15H2,1-5H3. The molecule has 0 bridgehead atoms. The molecule has 1 N–H and O–H groups in total. The minimum absolute atomic E-state index is 0.162. The Bertz CT molecular complexity index is 823. The van der Waals surface area contributed by atoms with Crippen LogP contribution in [0.2, 0.25) is 0 Å². The molecule has 1 aromatic carbocycles. The number of thiazole rings is 1. The first-order valence-corrected chi connectivity index (χ1v) is 11.7. The van der Waals surface area contributed by atoms with E-state index in [1.54, 1.807) is 0 Å². The van der Waals surface area contributed by atoms with Gasteiger partial charge in [-0.3, -0.25) is 0 Å². The number of aromatic nitrogens is 1. The molecule has 2 aliphatic heterocycles. The van der Waals surface area contributed by atoms with Crippen molar-refractivity contribution in [2.75, 3.05) is 31.5 Å². The van der Waals surface area contributed by atoms with Crippen LogP contribution in [-0.4, -0.2) is 36.1 Å². The molecular weight excluding hydrogens is 362 g/mol. The summed E-state index contributed by atoms with van der Waals surface area (Å²) in [6.07, 6.45) is 4.55. The lowest BCUT2D eigenvalue weighted by molar-refractivity contribution is 0.270. The van der Waals surface area contributed by atoms with Gasteiger partial charge in [0.2, 0.25) is 0 Å². The maximum absolute atomic E-state index is 4.81. The minimum atomic E-state index is 0.162. The van der Waals surface area contributed by atoms with Gasteiger partial charge >= 0.3 is 0 Å². The zero-order valence-electron chi connectivity index (χ0n) is 18.1. The maximum Gasteiger partial charge on any atom is 0.0987 e. The molecule has 0 amide bonds. The lowest BCUT2D eigenvalue weighted by atomic mass is 9.79. The highest BCUT2D eigenvalue weighted by atomic mass is 32.1. The first-order valence-electron chi connectivity index (χ1n) is 10.9. The Morgan fingerprint density at radius 2 is 2.11 bits per heavy atom. The van der Waals surface area contributed by atoms with Gasteiger partial charge in [-0.25, -0.2) is 4.98 Å². The van der Waals surface area contributed by atoms with Crippen LogP contribution in [0.15, 0.2) is 24.4 Å². The molecule has 1 saturated heterocycles. The van der Waals surface area contributed by atoms with Gasteiger partial charge in [-0.15, -0.1) is 11.3 Å². The Kier molecular flexibility index (Phi) is 5.54. The highest BCUT2D eigenvalue weighted by molar-refractivity contribution is 7.11. The Labute approximate surface area is 174 Å². The van der Waals surface area contributed by atoms with Crippen molar-refractivity contribution in [1.82, 2.24) is 9.88 Å². The van der Waals surface area contributed by atoms with Crippen molar-refractivity contribution in [2.24, 2.45) is 5.92 Å². The number of nitrogens with one attached hydrogen (secondary N) is 1. The molecule has 0 spiro atoms. The minimum Gasteiger partial charge on any atom is -0.384 e. The number of rotatable bonds is 6. The monoisotopic (exact) mass is 397 g/mol. The first kappa shape index (κ1) is 19.9. The van der Waals surface area contributed by atoms with Gasteiger partial charge in [0.1, 0.15) is 0 Å². The van der Waals surface area contributed by atoms with Crippen molar-refractivity contribution in [3.63, 3.8) is 0 Å². The number of benzene rings is 1. The van der Waals surface area contributed by atoms with Crippen molar-refractivity contribution in [2.45, 2.75) is 64.7 Å². The Hall–Kier alpha value is -1.39. The summed E-state index contributed by atoms with van der Waals surface area (Å²) < 4.78 is 0. The Morgan fingerprint density at radius 1 is 1.29 bits per heavy atom. The highest BCUT2D eigenvalue weighted by Crippen LogP contribution is 2.40. The van der Waals surface area contributed by atoms with E-state index in [2.05, 4.69) is 69.2 Å². The van der Waals surface area contributed by atoms with Crippen LogP contribution < -0.4 is 5.32 Å². The van der Waals surface area contributed by atoms with Crippen molar-refractivity contribution < 1.29 is 0 Å². The summed E-state index contributed by atoms with van der Waals surface area (Å²) in [7, 11) is 0. The van der Waals surface area contributed by atoms with Gasteiger partial charge < -0.3 is 10.2 Å². The van der Waals surface area contributed by atoms with E-state index in [1.165, 1.54) is 52.6 Å². The molecule has 0 aliphatic carbocycles. The lowest BCUT2D eigenvalue weighted by Gasteiger charge is -2.30. The van der Waals surface area contributed by atoms with Crippen molar-refractivity contribution in [3.8, 4) is 0 Å². The molecule has 1 fully saturated rings. The summed E-state index contributed by atoms with van der Waals surface area (Å²) in [6, 6.07) is 7.03. The SMILES string of the molecule is CC(C)c1cnc(C(C)(C)C2CCN(CC(C)c3ccc4c(c3)CCN4)C2)s1. The van der Waals surface area contributed by atoms with Gasteiger partial charge in [0, 0.05) is 41.8 Å². The van der Waals surface area contributed by atoms with E-state index in [4.69, 9.17) is 4.98 Å². The number of hydrogen-bond donors (Lipinski definition) is 1. The zero-order chi connectivity index (χ0) is 19.9. The summed E-state index contributed by atoms with van der Waals surface area (Å²) in [5, 5.41) is 4.79. The third-order valence-corrected chi connectivity index (χ3v) is 8.51. The number of nitrogens with zero attached hydrogens (tertiary/aromatic N) is 2. The van der Waals surface area contributed by atoms with E-state index in [9.17, 15) is 0 Å². The topological polar surface area (TPSA) is 28.2 Å². The van der Waals surface area contributed by atoms with Crippen LogP contribution in [0, 0.1) is 5.92 Å². The summed E-state index contributed by atoms with van der Waals surface area (Å²) >= 11 is 1.92. The Balaban J connectivity index is 1.39. The molecule has 152 valence electrons. The van der Waals surface area contributed by atoms with Crippen molar-refractivity contribution in [1.29, 1.82) is 0 Å². The smallest absolute Gasteiger partial charge is 0.0987 e. The molecule has 3 heterocycles. The van der Waals surface area contributed by atoms with E-state index < -0.39 is 0 Å². The number of anilines is 1. The molecule has 2 aromatic rings. The van der Waals surface area contributed by atoms with Crippen molar-refractivity contribution in [3.05, 3.63) is 45.4 Å². The first-order chi connectivity index (χ1) is 13.3. The summed E-state index contributed by atoms with van der Waals surface area (Å²) in [4.78, 5) is 8.91. The van der Waals surface area contributed by atoms with Crippen LogP contribution in [0.25, 0.3) is 0 Å². The molecule has 3 nitrogen and oxygen atoms in total. The fourth-order valence-electron chi connectivity index (χ4n) is 4.74. The second-order valence-electron chi connectivity index (χ2n) is 9.68. The molecule has 2 unspecified atom stereocenters. The molecule has 4 heteroatoms. The second kappa shape index (κ2) is 7.79. The van der Waals surface area contributed by atoms with Crippen molar-refractivity contribution >= 4 is 17.0 Å². The fraction of sp³-hybridized carbons (Fsp3) is 0.625. The number of fused-ring (bicyclic) bond motifs is 1. The number of likely N-dealkylation sites (tertiary alicyclic amines) is 1. The van der Waals surface area contributed by atoms with Crippen LogP contribution >= 0.6 is 11.3 Å². The van der Waals surface area contributed by atoms with Gasteiger partial charge in [0.05, 0.1) is 5.01 Å². The molecular formula is C24H35N3S. The lowest BCUT2D eigenvalue weighted by Crippen LogP contribution is -2.32. The van der Waals surface area contributed by atoms with Crippen LogP contribution in [0.5, 0.6) is 0 Å². The van der Waals surface area contributed by atoms with Gasteiger partial charge in [-0.1, -0.05) is 46.8 Å². The van der Waals surface area contributed by atoms with Crippen LogP contribution in [0.1, 0.15) is 73.9 Å². The fourth-order valence-corrected chi connectivity index (χ4v) is 5.84. The van der Waals surface area contributed by atoms with Gasteiger partial charge in [0.15, 0.2) is 0 Å². The molecule has 1 aromatic heterocycles. The predicted molar refractivity (Wildman–Crippen MR) is 121 cm³/mol. The summed E-state index contributed by atoms with van der Waals surface area (Å²) in [5.41, 5.74) is 4.49. The van der Waals surface area contributed by atoms with E-state index in [0.29, 0.717) is 17.8 Å². The second-order valence-corrected chi connectivity index (χ2v) is 10.7. The molecule has 0 radical (unpaired) electrons. The zero-order valence-corrected chi connectivity index (χ0v) is 18.9. The highest BCUT2D eigenvalue weighted by Gasteiger charge is 2.38. The van der Waals surface area contributed by atoms with Crippen LogP contribution in [0.4, 0.5) is 5.69 Å². The molecule has 2 atom stereocenters. The molecule has 28 heavy (non-hydrogen) atoms. The van der Waals surface area contributed by atoms with E-state index in [1.807, 2.05) is 11.3 Å². The maximum atomic E-state index is 4.81. The molecule has 4 rings (SSSR count). The third-order valence-electron chi connectivity index (χ3n) is 6.88. The third kappa shape index (κ3) is 3.86.